The van der Waals surface area contributed by atoms with Crippen molar-refractivity contribution < 1.29 is 14.2 Å². The molecule has 23 heavy (non-hydrogen) atoms. The fraction of sp³-hybridized carbons (Fsp3) is 0.250. The molecule has 0 fully saturated rings. The van der Waals surface area contributed by atoms with Crippen LogP contribution in [-0.2, 0) is 4.74 Å². The molecule has 0 radical (unpaired) electrons. The third-order valence-corrected chi connectivity index (χ3v) is 3.57. The summed E-state index contributed by atoms with van der Waals surface area (Å²) in [6.45, 7) is 0.862. The smallest absolute Gasteiger partial charge is 0.334 e. The van der Waals surface area contributed by atoms with Crippen LogP contribution in [0.5, 0.6) is 11.8 Å². The Bertz CT molecular complexity index is 819. The zero-order chi connectivity index (χ0) is 16.2. The van der Waals surface area contributed by atoms with E-state index in [-0.39, 0.29) is 6.01 Å². The summed E-state index contributed by atoms with van der Waals surface area (Å²) in [5.41, 5.74) is 2.54. The largest absolute Gasteiger partial charge is 0.496 e. The van der Waals surface area contributed by atoms with E-state index in [0.29, 0.717) is 18.2 Å². The van der Waals surface area contributed by atoms with E-state index < -0.39 is 0 Å². The monoisotopic (exact) mass is 333 g/mol. The molecule has 7 heteroatoms. The maximum atomic E-state index is 6.12. The van der Waals surface area contributed by atoms with Gasteiger partial charge < -0.3 is 14.2 Å². The minimum Gasteiger partial charge on any atom is -0.496 e. The number of halogens is 1. The predicted molar refractivity (Wildman–Crippen MR) is 87.4 cm³/mol. The summed E-state index contributed by atoms with van der Waals surface area (Å²) in [5.74, 6) is 0.717. The molecule has 0 aliphatic heterocycles. The van der Waals surface area contributed by atoms with Crippen molar-refractivity contribution in [2.24, 2.45) is 0 Å². The van der Waals surface area contributed by atoms with Gasteiger partial charge in [-0.05, 0) is 30.3 Å². The number of hydrogen-bond acceptors (Lipinski definition) is 5. The predicted octanol–water partition coefficient (Wildman–Crippen LogP) is 3.08. The lowest BCUT2D eigenvalue weighted by atomic mass is 10.1. The molecule has 1 aromatic carbocycles. The van der Waals surface area contributed by atoms with Crippen LogP contribution in [0.4, 0.5) is 0 Å². The van der Waals surface area contributed by atoms with Crippen molar-refractivity contribution >= 4 is 17.1 Å². The van der Waals surface area contributed by atoms with Crippen LogP contribution < -0.4 is 9.47 Å². The van der Waals surface area contributed by atoms with Gasteiger partial charge in [-0.2, -0.15) is 0 Å². The van der Waals surface area contributed by atoms with E-state index in [1.54, 1.807) is 31.0 Å². The molecule has 0 bridgehead atoms. The fourth-order valence-electron chi connectivity index (χ4n) is 2.25. The van der Waals surface area contributed by atoms with E-state index in [1.807, 2.05) is 24.3 Å². The summed E-state index contributed by atoms with van der Waals surface area (Å²) >= 11 is 6.12. The van der Waals surface area contributed by atoms with Gasteiger partial charge in [-0.3, -0.25) is 0 Å². The highest BCUT2D eigenvalue weighted by molar-refractivity contribution is 6.31. The summed E-state index contributed by atoms with van der Waals surface area (Å²) in [5, 5.41) is 5.04. The van der Waals surface area contributed by atoms with Crippen molar-refractivity contribution in [3.8, 4) is 23.0 Å². The maximum Gasteiger partial charge on any atom is 0.334 e. The van der Waals surface area contributed by atoms with E-state index in [4.69, 9.17) is 25.8 Å². The molecule has 0 spiro atoms. The van der Waals surface area contributed by atoms with E-state index >= 15 is 0 Å². The van der Waals surface area contributed by atoms with Crippen molar-refractivity contribution in [1.82, 2.24) is 14.6 Å². The molecule has 0 N–H and O–H groups in total. The first-order valence-electron chi connectivity index (χ1n) is 7.03. The van der Waals surface area contributed by atoms with Crippen LogP contribution in [0, 0.1) is 0 Å². The van der Waals surface area contributed by atoms with Crippen molar-refractivity contribution in [1.29, 1.82) is 0 Å². The fourth-order valence-corrected chi connectivity index (χ4v) is 2.43. The Balaban J connectivity index is 2.04. The van der Waals surface area contributed by atoms with Gasteiger partial charge >= 0.3 is 6.01 Å². The Morgan fingerprint density at radius 1 is 1.13 bits per heavy atom. The lowest BCUT2D eigenvalue weighted by Crippen LogP contribution is -2.08. The molecular formula is C16H16ClN3O3. The molecule has 6 nitrogen and oxygen atoms in total. The van der Waals surface area contributed by atoms with Gasteiger partial charge in [0.1, 0.15) is 12.4 Å². The Hall–Kier alpha value is -2.31. The third kappa shape index (κ3) is 3.23. The first-order chi connectivity index (χ1) is 11.2. The van der Waals surface area contributed by atoms with Gasteiger partial charge in [0, 0.05) is 17.7 Å². The van der Waals surface area contributed by atoms with E-state index in [0.717, 1.165) is 22.5 Å². The lowest BCUT2D eigenvalue weighted by molar-refractivity contribution is 0.140. The molecule has 0 saturated heterocycles. The van der Waals surface area contributed by atoms with Crippen molar-refractivity contribution in [3.05, 3.63) is 41.6 Å². The summed E-state index contributed by atoms with van der Waals surface area (Å²) in [7, 11) is 3.24. The molecular weight excluding hydrogens is 318 g/mol. The quantitative estimate of drug-likeness (QED) is 0.649. The highest BCUT2D eigenvalue weighted by Crippen LogP contribution is 2.33. The Labute approximate surface area is 138 Å². The molecule has 0 aliphatic carbocycles. The van der Waals surface area contributed by atoms with Crippen LogP contribution in [0.15, 0.2) is 36.5 Å². The summed E-state index contributed by atoms with van der Waals surface area (Å²) in [4.78, 5) is 4.18. The average molecular weight is 334 g/mol. The topological polar surface area (TPSA) is 57.9 Å². The van der Waals surface area contributed by atoms with Gasteiger partial charge in [0.15, 0.2) is 0 Å². The Morgan fingerprint density at radius 3 is 2.78 bits per heavy atom. The zero-order valence-electron chi connectivity index (χ0n) is 12.8. The number of ether oxygens (including phenoxy) is 3. The van der Waals surface area contributed by atoms with Crippen molar-refractivity contribution in [3.63, 3.8) is 0 Å². The molecule has 120 valence electrons. The molecule has 2 heterocycles. The van der Waals surface area contributed by atoms with Crippen LogP contribution in [0.25, 0.3) is 16.8 Å². The summed E-state index contributed by atoms with van der Waals surface area (Å²) < 4.78 is 17.6. The number of aromatic nitrogens is 3. The van der Waals surface area contributed by atoms with E-state index in [2.05, 4.69) is 10.1 Å². The number of nitrogens with zero attached hydrogens (tertiary/aromatic N) is 3. The van der Waals surface area contributed by atoms with Crippen LogP contribution in [-0.4, -0.2) is 42.0 Å². The van der Waals surface area contributed by atoms with Crippen LogP contribution in [0.3, 0.4) is 0 Å². The second kappa shape index (κ2) is 6.85. The Kier molecular flexibility index (Phi) is 4.64. The summed E-state index contributed by atoms with van der Waals surface area (Å²) in [6.07, 6.45) is 1.70. The summed E-state index contributed by atoms with van der Waals surface area (Å²) in [6, 6.07) is 9.61. The molecule has 0 saturated carbocycles. The second-order valence-electron chi connectivity index (χ2n) is 4.78. The average Bonchev–Trinajstić information content (AvgIpc) is 2.98. The normalized spacial score (nSPS) is 10.9. The first kappa shape index (κ1) is 15.6. The number of hydrogen-bond donors (Lipinski definition) is 0. The van der Waals surface area contributed by atoms with Gasteiger partial charge in [-0.1, -0.05) is 11.6 Å². The number of fused-ring (bicyclic) bond motifs is 1. The molecule has 0 atom stereocenters. The lowest BCUT2D eigenvalue weighted by Gasteiger charge is -2.09. The van der Waals surface area contributed by atoms with Gasteiger partial charge in [0.25, 0.3) is 0 Å². The van der Waals surface area contributed by atoms with Gasteiger partial charge in [-0.25, -0.2) is 9.50 Å². The van der Waals surface area contributed by atoms with Crippen LogP contribution in [0.1, 0.15) is 0 Å². The molecule has 0 unspecified atom stereocenters. The third-order valence-electron chi connectivity index (χ3n) is 3.33. The van der Waals surface area contributed by atoms with Gasteiger partial charge in [-0.15, -0.1) is 5.10 Å². The highest BCUT2D eigenvalue weighted by atomic mass is 35.5. The van der Waals surface area contributed by atoms with Gasteiger partial charge in [0.05, 0.1) is 31.1 Å². The molecule has 3 aromatic rings. The number of rotatable bonds is 6. The van der Waals surface area contributed by atoms with Crippen molar-refractivity contribution in [2.45, 2.75) is 0 Å². The van der Waals surface area contributed by atoms with E-state index in [9.17, 15) is 0 Å². The maximum absolute atomic E-state index is 6.12. The first-order valence-corrected chi connectivity index (χ1v) is 7.41. The minimum absolute atomic E-state index is 0.285. The molecule has 0 aliphatic rings. The molecule has 0 amide bonds. The number of methoxy groups -OCH3 is 2. The standard InChI is InChI=1S/C16H16ClN3O3/c1-21-7-8-23-16-18-10-12-4-5-14(20(12)19-16)13-9-11(17)3-6-15(13)22-2/h3-6,9-10H,7-8H2,1-2H3. The zero-order valence-corrected chi connectivity index (χ0v) is 13.6. The van der Waals surface area contributed by atoms with Crippen molar-refractivity contribution in [2.75, 3.05) is 27.4 Å². The van der Waals surface area contributed by atoms with Gasteiger partial charge in [0.2, 0.25) is 0 Å². The van der Waals surface area contributed by atoms with Crippen LogP contribution in [0.2, 0.25) is 5.02 Å². The van der Waals surface area contributed by atoms with Crippen LogP contribution >= 0.6 is 11.6 Å². The Morgan fingerprint density at radius 2 is 2.00 bits per heavy atom. The molecule has 3 rings (SSSR count). The number of benzene rings is 1. The SMILES string of the molecule is COCCOc1ncc2ccc(-c3cc(Cl)ccc3OC)n2n1. The molecule has 2 aromatic heterocycles. The second-order valence-corrected chi connectivity index (χ2v) is 5.22. The highest BCUT2D eigenvalue weighted by Gasteiger charge is 2.13. The minimum atomic E-state index is 0.285. The van der Waals surface area contributed by atoms with E-state index in [1.165, 1.54) is 0 Å².